The molecule has 4 nitrogen and oxygen atoms in total. The third kappa shape index (κ3) is 1.61. The van der Waals surface area contributed by atoms with Crippen molar-refractivity contribution in [3.8, 4) is 5.75 Å². The van der Waals surface area contributed by atoms with E-state index in [9.17, 15) is 5.11 Å². The van der Waals surface area contributed by atoms with Crippen LogP contribution < -0.4 is 11.2 Å². The molecule has 0 aromatic heterocycles. The monoisotopic (exact) mass is 227 g/mol. The van der Waals surface area contributed by atoms with Gasteiger partial charge in [0, 0.05) is 29.7 Å². The molecule has 2 rings (SSSR count). The number of nitrogens with two attached hydrogens (primary N) is 1. The van der Waals surface area contributed by atoms with Gasteiger partial charge in [-0.2, -0.15) is 0 Å². The summed E-state index contributed by atoms with van der Waals surface area (Å²) in [6.07, 6.45) is -0.315. The van der Waals surface area contributed by atoms with Gasteiger partial charge < -0.3 is 20.1 Å². The summed E-state index contributed by atoms with van der Waals surface area (Å²) in [7, 11) is 0.917. The Balaban J connectivity index is 2.56. The van der Waals surface area contributed by atoms with E-state index in [1.807, 2.05) is 0 Å². The molecule has 0 fully saturated rings. The highest BCUT2D eigenvalue weighted by Crippen LogP contribution is 2.32. The molecule has 0 spiro atoms. The average Bonchev–Trinajstić information content (AvgIpc) is 2.63. The molecule has 1 aromatic rings. The maximum atomic E-state index is 9.71. The average molecular weight is 227 g/mol. The van der Waals surface area contributed by atoms with Crippen molar-refractivity contribution in [2.24, 2.45) is 5.73 Å². The minimum absolute atomic E-state index is 0.122. The normalized spacial score (nSPS) is 19.4. The van der Waals surface area contributed by atoms with E-state index in [-0.39, 0.29) is 11.9 Å². The first kappa shape index (κ1) is 10.8. The number of hydrogen-bond donors (Lipinski definition) is 2. The fourth-order valence-electron chi connectivity index (χ4n) is 1.81. The van der Waals surface area contributed by atoms with Gasteiger partial charge in [0.15, 0.2) is 0 Å². The Bertz CT molecular complexity index is 353. The lowest BCUT2D eigenvalue weighted by Crippen LogP contribution is -2.31. The first-order valence-electron chi connectivity index (χ1n) is 4.58. The molecule has 0 saturated carbocycles. The second kappa shape index (κ2) is 4.02. The van der Waals surface area contributed by atoms with E-state index in [1.54, 1.807) is 6.07 Å². The zero-order chi connectivity index (χ0) is 11.0. The lowest BCUT2D eigenvalue weighted by Gasteiger charge is -2.10. The highest BCUT2D eigenvalue weighted by molar-refractivity contribution is 6.64. The molecule has 1 aliphatic rings. The van der Waals surface area contributed by atoms with E-state index < -0.39 is 7.12 Å². The van der Waals surface area contributed by atoms with Gasteiger partial charge in [-0.05, 0) is 12.1 Å². The molecule has 1 heterocycles. The summed E-state index contributed by atoms with van der Waals surface area (Å²) in [6, 6.07) is 3.15. The first-order chi connectivity index (χ1) is 7.19. The number of aromatic hydroxyl groups is 1. The van der Waals surface area contributed by atoms with Gasteiger partial charge in [-0.3, -0.25) is 0 Å². The second-order valence-electron chi connectivity index (χ2n) is 3.32. The number of phenols is 1. The van der Waals surface area contributed by atoms with Crippen LogP contribution in [0.4, 0.5) is 0 Å². The van der Waals surface area contributed by atoms with Gasteiger partial charge in [-0.15, -0.1) is 0 Å². The number of halogens is 1. The molecule has 80 valence electrons. The zero-order valence-corrected chi connectivity index (χ0v) is 8.99. The number of fused-ring (bicyclic) bond motifs is 1. The molecule has 15 heavy (non-hydrogen) atoms. The zero-order valence-electron chi connectivity index (χ0n) is 8.24. The Kier molecular flexibility index (Phi) is 2.88. The molecular formula is C9H11BClNO3. The van der Waals surface area contributed by atoms with Crippen molar-refractivity contribution in [2.45, 2.75) is 6.10 Å². The SMILES string of the molecule is COB1O[C@H](CN)c2c(Cl)ccc(O)c21. The molecule has 1 aliphatic heterocycles. The van der Waals surface area contributed by atoms with Crippen molar-refractivity contribution in [3.05, 3.63) is 22.7 Å². The van der Waals surface area contributed by atoms with Crippen molar-refractivity contribution in [3.63, 3.8) is 0 Å². The van der Waals surface area contributed by atoms with Gasteiger partial charge in [0.1, 0.15) is 5.75 Å². The van der Waals surface area contributed by atoms with Crippen molar-refractivity contribution in [2.75, 3.05) is 13.7 Å². The molecule has 0 radical (unpaired) electrons. The summed E-state index contributed by atoms with van der Waals surface area (Å²) < 4.78 is 10.6. The van der Waals surface area contributed by atoms with Crippen LogP contribution in [0.1, 0.15) is 11.7 Å². The largest absolute Gasteiger partial charge is 0.508 e. The molecule has 0 bridgehead atoms. The number of benzene rings is 1. The summed E-state index contributed by atoms with van der Waals surface area (Å²) in [4.78, 5) is 0. The molecule has 0 aliphatic carbocycles. The molecule has 1 aromatic carbocycles. The van der Waals surface area contributed by atoms with Crippen molar-refractivity contribution in [1.29, 1.82) is 0 Å². The standard InChI is InChI=1S/C9H11BClNO3/c1-14-10-9-6(13)3-2-5(11)8(9)7(4-12)15-10/h2-3,7,13H,4,12H2,1H3/t7-/m1/s1. The second-order valence-corrected chi connectivity index (χ2v) is 3.73. The Morgan fingerprint density at radius 2 is 2.40 bits per heavy atom. The summed E-state index contributed by atoms with van der Waals surface area (Å²) in [5.74, 6) is 0.122. The van der Waals surface area contributed by atoms with Crippen molar-refractivity contribution >= 4 is 24.2 Å². The highest BCUT2D eigenvalue weighted by Gasteiger charge is 2.40. The summed E-state index contributed by atoms with van der Waals surface area (Å²) >= 11 is 6.04. The fraction of sp³-hybridized carbons (Fsp3) is 0.333. The van der Waals surface area contributed by atoms with Gasteiger partial charge >= 0.3 is 7.12 Å². The summed E-state index contributed by atoms with van der Waals surface area (Å²) in [5, 5.41) is 10.3. The summed E-state index contributed by atoms with van der Waals surface area (Å²) in [5.41, 5.74) is 6.88. The Morgan fingerprint density at radius 1 is 1.67 bits per heavy atom. The Morgan fingerprint density at radius 3 is 3.00 bits per heavy atom. The molecule has 6 heteroatoms. The fourth-order valence-corrected chi connectivity index (χ4v) is 2.09. The van der Waals surface area contributed by atoms with Gasteiger partial charge in [0.05, 0.1) is 6.10 Å². The lowest BCUT2D eigenvalue weighted by molar-refractivity contribution is 0.182. The van der Waals surface area contributed by atoms with Crippen molar-refractivity contribution in [1.82, 2.24) is 0 Å². The van der Waals surface area contributed by atoms with Crippen LogP contribution in [0, 0.1) is 0 Å². The van der Waals surface area contributed by atoms with E-state index >= 15 is 0 Å². The minimum atomic E-state index is -0.591. The molecular weight excluding hydrogens is 216 g/mol. The smallest absolute Gasteiger partial charge is 0.498 e. The minimum Gasteiger partial charge on any atom is -0.508 e. The van der Waals surface area contributed by atoms with Gasteiger partial charge in [0.2, 0.25) is 0 Å². The lowest BCUT2D eigenvalue weighted by atomic mass is 9.78. The van der Waals surface area contributed by atoms with E-state index in [0.717, 1.165) is 5.56 Å². The van der Waals surface area contributed by atoms with Gasteiger partial charge in [-0.25, -0.2) is 0 Å². The summed E-state index contributed by atoms with van der Waals surface area (Å²) in [6.45, 7) is 0.302. The Labute approximate surface area is 93.1 Å². The maximum Gasteiger partial charge on any atom is 0.498 e. The molecule has 3 N–H and O–H groups in total. The van der Waals surface area contributed by atoms with Gasteiger partial charge in [-0.1, -0.05) is 11.6 Å². The highest BCUT2D eigenvalue weighted by atomic mass is 35.5. The van der Waals surface area contributed by atoms with E-state index in [0.29, 0.717) is 17.0 Å². The van der Waals surface area contributed by atoms with E-state index in [2.05, 4.69) is 0 Å². The molecule has 0 saturated heterocycles. The predicted octanol–water partition coefficient (Wildman–Crippen LogP) is 0.417. The van der Waals surface area contributed by atoms with Crippen LogP contribution >= 0.6 is 11.6 Å². The van der Waals surface area contributed by atoms with Crippen LogP contribution in [0.15, 0.2) is 12.1 Å². The number of hydrogen-bond acceptors (Lipinski definition) is 4. The maximum absolute atomic E-state index is 9.71. The quantitative estimate of drug-likeness (QED) is 0.719. The van der Waals surface area contributed by atoms with Crippen LogP contribution in [0.25, 0.3) is 0 Å². The van der Waals surface area contributed by atoms with Crippen LogP contribution in [0.2, 0.25) is 5.02 Å². The van der Waals surface area contributed by atoms with Crippen LogP contribution in [0.3, 0.4) is 0 Å². The Hall–Kier alpha value is -0.745. The molecule has 0 unspecified atom stereocenters. The van der Waals surface area contributed by atoms with Crippen LogP contribution in [0.5, 0.6) is 5.75 Å². The van der Waals surface area contributed by atoms with E-state index in [1.165, 1.54) is 13.2 Å². The third-order valence-corrected chi connectivity index (χ3v) is 2.81. The third-order valence-electron chi connectivity index (χ3n) is 2.48. The topological polar surface area (TPSA) is 64.7 Å². The molecule has 1 atom stereocenters. The number of rotatable bonds is 2. The first-order valence-corrected chi connectivity index (χ1v) is 4.96. The van der Waals surface area contributed by atoms with Crippen LogP contribution in [-0.4, -0.2) is 25.9 Å². The van der Waals surface area contributed by atoms with Crippen LogP contribution in [-0.2, 0) is 9.31 Å². The molecule has 0 amide bonds. The number of phenolic OH excluding ortho intramolecular Hbond substituents is 1. The van der Waals surface area contributed by atoms with Gasteiger partial charge in [0.25, 0.3) is 0 Å². The van der Waals surface area contributed by atoms with E-state index in [4.69, 9.17) is 26.6 Å². The van der Waals surface area contributed by atoms with Crippen molar-refractivity contribution < 1.29 is 14.4 Å². The predicted molar refractivity (Wildman–Crippen MR) is 58.4 cm³/mol.